The van der Waals surface area contributed by atoms with Gasteiger partial charge in [0.15, 0.2) is 0 Å². The average molecular weight is 284 g/mol. The molecular weight excluding hydrogens is 248 g/mol. The van der Waals surface area contributed by atoms with E-state index in [0.717, 1.165) is 32.3 Å². The molecule has 1 saturated carbocycles. The number of hydrogen-bond acceptors (Lipinski definition) is 2. The lowest BCUT2D eigenvalue weighted by molar-refractivity contribution is -0.141. The number of aliphatic hydroxyl groups is 1. The van der Waals surface area contributed by atoms with Gasteiger partial charge in [-0.25, -0.2) is 0 Å². The van der Waals surface area contributed by atoms with Crippen molar-refractivity contribution in [2.24, 2.45) is 0 Å². The summed E-state index contributed by atoms with van der Waals surface area (Å²) >= 11 is 0. The van der Waals surface area contributed by atoms with Crippen molar-refractivity contribution in [2.45, 2.75) is 109 Å². The molecule has 0 saturated heterocycles. The first-order valence-corrected chi connectivity index (χ1v) is 9.07. The van der Waals surface area contributed by atoms with Crippen molar-refractivity contribution in [1.29, 1.82) is 0 Å². The fourth-order valence-electron chi connectivity index (χ4n) is 3.57. The Kier molecular flexibility index (Phi) is 9.54. The van der Waals surface area contributed by atoms with Crippen LogP contribution in [0.3, 0.4) is 0 Å². The average Bonchev–Trinajstić information content (AvgIpc) is 2.47. The summed E-state index contributed by atoms with van der Waals surface area (Å²) < 4.78 is 5.99. The van der Waals surface area contributed by atoms with E-state index in [1.54, 1.807) is 0 Å². The number of unbranched alkanes of at least 4 members (excludes halogenated alkanes) is 6. The smallest absolute Gasteiger partial charge is 0.0939 e. The molecule has 0 heterocycles. The van der Waals surface area contributed by atoms with Gasteiger partial charge in [0.25, 0.3) is 0 Å². The summed E-state index contributed by atoms with van der Waals surface area (Å²) in [4.78, 5) is 0. The largest absolute Gasteiger partial charge is 0.390 e. The molecule has 1 fully saturated rings. The van der Waals surface area contributed by atoms with Crippen molar-refractivity contribution < 1.29 is 9.84 Å². The molecule has 0 aromatic heterocycles. The summed E-state index contributed by atoms with van der Waals surface area (Å²) in [6.45, 7) is 5.04. The van der Waals surface area contributed by atoms with Gasteiger partial charge in [-0.05, 0) is 26.2 Å². The minimum absolute atomic E-state index is 0.213. The van der Waals surface area contributed by atoms with Crippen molar-refractivity contribution in [1.82, 2.24) is 0 Å². The van der Waals surface area contributed by atoms with E-state index in [1.807, 2.05) is 0 Å². The quantitative estimate of drug-likeness (QED) is 0.527. The fourth-order valence-corrected chi connectivity index (χ4v) is 3.57. The first kappa shape index (κ1) is 18.0. The Hall–Kier alpha value is -0.0800. The van der Waals surface area contributed by atoms with Gasteiger partial charge in [0.05, 0.1) is 11.7 Å². The topological polar surface area (TPSA) is 29.5 Å². The van der Waals surface area contributed by atoms with Gasteiger partial charge in [0.2, 0.25) is 0 Å². The van der Waals surface area contributed by atoms with Crippen molar-refractivity contribution >= 4 is 0 Å². The third-order valence-corrected chi connectivity index (χ3v) is 4.82. The Labute approximate surface area is 126 Å². The molecule has 20 heavy (non-hydrogen) atoms. The van der Waals surface area contributed by atoms with Crippen LogP contribution in [0.5, 0.6) is 0 Å². The Morgan fingerprint density at radius 2 is 1.50 bits per heavy atom. The zero-order chi connectivity index (χ0) is 14.7. The molecule has 1 atom stereocenters. The van der Waals surface area contributed by atoms with E-state index in [2.05, 4.69) is 13.8 Å². The Bertz CT molecular complexity index is 216. The number of hydrogen-bond donors (Lipinski definition) is 1. The van der Waals surface area contributed by atoms with Gasteiger partial charge in [-0.3, -0.25) is 0 Å². The summed E-state index contributed by atoms with van der Waals surface area (Å²) in [5.74, 6) is 0. The monoisotopic (exact) mass is 284 g/mol. The van der Waals surface area contributed by atoms with Crippen LogP contribution in [0, 0.1) is 0 Å². The molecule has 2 heteroatoms. The molecular formula is C18H36O2. The lowest BCUT2D eigenvalue weighted by atomic mass is 9.79. The van der Waals surface area contributed by atoms with Gasteiger partial charge < -0.3 is 9.84 Å². The normalized spacial score (nSPS) is 19.9. The fraction of sp³-hybridized carbons (Fsp3) is 1.00. The van der Waals surface area contributed by atoms with Gasteiger partial charge in [0.1, 0.15) is 0 Å². The van der Waals surface area contributed by atoms with Crippen LogP contribution in [0.25, 0.3) is 0 Å². The zero-order valence-electron chi connectivity index (χ0n) is 13.8. The molecule has 1 aliphatic carbocycles. The van der Waals surface area contributed by atoms with E-state index in [4.69, 9.17) is 4.74 Å². The maximum atomic E-state index is 10.6. The van der Waals surface area contributed by atoms with E-state index >= 15 is 0 Å². The summed E-state index contributed by atoms with van der Waals surface area (Å²) in [6, 6.07) is 0. The molecule has 0 aromatic rings. The van der Waals surface area contributed by atoms with E-state index in [0.29, 0.717) is 0 Å². The molecule has 0 bridgehead atoms. The van der Waals surface area contributed by atoms with Crippen LogP contribution < -0.4 is 0 Å². The SMILES string of the molecule is CCCCCCCCCC(O)C1(OCC)CCCCC1. The molecule has 1 aliphatic rings. The number of rotatable bonds is 11. The molecule has 1 N–H and O–H groups in total. The molecule has 0 aliphatic heterocycles. The summed E-state index contributed by atoms with van der Waals surface area (Å²) in [6.07, 6.45) is 15.7. The highest BCUT2D eigenvalue weighted by Crippen LogP contribution is 2.36. The van der Waals surface area contributed by atoms with E-state index in [1.165, 1.54) is 57.8 Å². The second-order valence-corrected chi connectivity index (χ2v) is 6.48. The van der Waals surface area contributed by atoms with Crippen LogP contribution in [0.15, 0.2) is 0 Å². The summed E-state index contributed by atoms with van der Waals surface area (Å²) in [7, 11) is 0. The van der Waals surface area contributed by atoms with Crippen LogP contribution in [0.1, 0.15) is 97.3 Å². The predicted octanol–water partition coefficient (Wildman–Crippen LogP) is 5.23. The molecule has 1 rings (SSSR count). The maximum absolute atomic E-state index is 10.6. The summed E-state index contributed by atoms with van der Waals surface area (Å²) in [5.41, 5.74) is -0.213. The summed E-state index contributed by atoms with van der Waals surface area (Å²) in [5, 5.41) is 10.6. The van der Waals surface area contributed by atoms with Gasteiger partial charge in [-0.15, -0.1) is 0 Å². The lowest BCUT2D eigenvalue weighted by Gasteiger charge is -2.41. The highest BCUT2D eigenvalue weighted by molar-refractivity contribution is 4.91. The lowest BCUT2D eigenvalue weighted by Crippen LogP contribution is -2.46. The van der Waals surface area contributed by atoms with Crippen molar-refractivity contribution in [3.8, 4) is 0 Å². The van der Waals surface area contributed by atoms with Crippen molar-refractivity contribution in [2.75, 3.05) is 6.61 Å². The zero-order valence-corrected chi connectivity index (χ0v) is 13.8. The second kappa shape index (κ2) is 10.6. The molecule has 1 unspecified atom stereocenters. The molecule has 0 aromatic carbocycles. The third-order valence-electron chi connectivity index (χ3n) is 4.82. The minimum Gasteiger partial charge on any atom is -0.390 e. The van der Waals surface area contributed by atoms with Crippen LogP contribution in [0.2, 0.25) is 0 Å². The van der Waals surface area contributed by atoms with Gasteiger partial charge >= 0.3 is 0 Å². The third kappa shape index (κ3) is 6.13. The van der Waals surface area contributed by atoms with Crippen LogP contribution in [0.4, 0.5) is 0 Å². The van der Waals surface area contributed by atoms with E-state index in [-0.39, 0.29) is 11.7 Å². The molecule has 0 amide bonds. The maximum Gasteiger partial charge on any atom is 0.0939 e. The standard InChI is InChI=1S/C18H36O2/c1-3-5-6-7-8-9-11-14-17(19)18(20-4-2)15-12-10-13-16-18/h17,19H,3-16H2,1-2H3. The number of ether oxygens (including phenoxy) is 1. The van der Waals surface area contributed by atoms with Crippen LogP contribution in [-0.4, -0.2) is 23.4 Å². The predicted molar refractivity (Wildman–Crippen MR) is 86.1 cm³/mol. The van der Waals surface area contributed by atoms with Crippen molar-refractivity contribution in [3.63, 3.8) is 0 Å². The highest BCUT2D eigenvalue weighted by atomic mass is 16.5. The Balaban J connectivity index is 2.19. The molecule has 0 spiro atoms. The Morgan fingerprint density at radius 3 is 2.10 bits per heavy atom. The first-order chi connectivity index (χ1) is 9.75. The second-order valence-electron chi connectivity index (χ2n) is 6.48. The van der Waals surface area contributed by atoms with Crippen LogP contribution in [-0.2, 0) is 4.74 Å². The van der Waals surface area contributed by atoms with E-state index in [9.17, 15) is 5.11 Å². The van der Waals surface area contributed by atoms with Gasteiger partial charge in [-0.2, -0.15) is 0 Å². The molecule has 120 valence electrons. The number of aliphatic hydroxyl groups excluding tert-OH is 1. The molecule has 0 radical (unpaired) electrons. The molecule has 2 nitrogen and oxygen atoms in total. The van der Waals surface area contributed by atoms with Crippen molar-refractivity contribution in [3.05, 3.63) is 0 Å². The minimum atomic E-state index is -0.251. The Morgan fingerprint density at radius 1 is 0.900 bits per heavy atom. The van der Waals surface area contributed by atoms with E-state index < -0.39 is 0 Å². The first-order valence-electron chi connectivity index (χ1n) is 9.07. The van der Waals surface area contributed by atoms with Gasteiger partial charge in [-0.1, -0.05) is 71.1 Å². The highest BCUT2D eigenvalue weighted by Gasteiger charge is 2.39. The van der Waals surface area contributed by atoms with Crippen LogP contribution >= 0.6 is 0 Å². The van der Waals surface area contributed by atoms with Gasteiger partial charge in [0, 0.05) is 6.61 Å².